The van der Waals surface area contributed by atoms with E-state index >= 15 is 0 Å². The van der Waals surface area contributed by atoms with Crippen molar-refractivity contribution in [1.29, 1.82) is 0 Å². The normalized spacial score (nSPS) is 14.3. The third kappa shape index (κ3) is 6.57. The molecule has 1 N–H and O–H groups in total. The molecule has 1 fully saturated rings. The highest BCUT2D eigenvalue weighted by molar-refractivity contribution is 14.0. The minimum atomic E-state index is 0. The number of rotatable bonds is 6. The summed E-state index contributed by atoms with van der Waals surface area (Å²) in [6.45, 7) is 6.95. The zero-order valence-corrected chi connectivity index (χ0v) is 19.9. The number of morpholine rings is 1. The number of nitrogens with one attached hydrogen (secondary N) is 1. The number of aliphatic imine (C=N–C) groups is 1. The number of hydrogen-bond donors (Lipinski definition) is 1. The topological polar surface area (TPSA) is 53.0 Å². The molecule has 3 rings (SSSR count). The fourth-order valence-corrected chi connectivity index (χ4v) is 3.42. The van der Waals surface area contributed by atoms with Crippen LogP contribution in [0.2, 0.25) is 0 Å². The molecule has 0 spiro atoms. The third-order valence-corrected chi connectivity index (χ3v) is 5.04. The molecule has 158 valence electrons. The molecule has 1 saturated heterocycles. The second-order valence-corrected chi connectivity index (χ2v) is 7.01. The Morgan fingerprint density at radius 1 is 1.17 bits per heavy atom. The van der Waals surface area contributed by atoms with Gasteiger partial charge in [-0.05, 0) is 23.6 Å². The number of pyridine rings is 1. The van der Waals surface area contributed by atoms with E-state index in [1.807, 2.05) is 19.3 Å². The zero-order valence-electron chi connectivity index (χ0n) is 17.6. The molecular weight excluding hydrogens is 477 g/mol. The van der Waals surface area contributed by atoms with E-state index in [1.54, 1.807) is 0 Å². The molecule has 0 aliphatic carbocycles. The lowest BCUT2D eigenvalue weighted by Crippen LogP contribution is -2.40. The van der Waals surface area contributed by atoms with Crippen molar-refractivity contribution in [1.82, 2.24) is 15.2 Å². The van der Waals surface area contributed by atoms with Gasteiger partial charge in [0.25, 0.3) is 0 Å². The quantitative estimate of drug-likeness (QED) is 0.368. The molecule has 1 aliphatic rings. The van der Waals surface area contributed by atoms with Gasteiger partial charge in [-0.1, -0.05) is 37.3 Å². The number of nitrogens with zero attached hydrogens (tertiary/aromatic N) is 4. The third-order valence-electron chi connectivity index (χ3n) is 5.04. The minimum absolute atomic E-state index is 0. The van der Waals surface area contributed by atoms with E-state index < -0.39 is 0 Å². The van der Waals surface area contributed by atoms with Crippen LogP contribution in [-0.2, 0) is 24.2 Å². The van der Waals surface area contributed by atoms with Crippen LogP contribution in [0, 0.1) is 0 Å². The van der Waals surface area contributed by atoms with E-state index in [4.69, 9.17) is 4.74 Å². The van der Waals surface area contributed by atoms with Crippen molar-refractivity contribution in [2.24, 2.45) is 4.99 Å². The predicted octanol–water partition coefficient (Wildman–Crippen LogP) is 3.31. The van der Waals surface area contributed by atoms with E-state index in [9.17, 15) is 0 Å². The fraction of sp³-hybridized carbons (Fsp3) is 0.455. The lowest BCUT2D eigenvalue weighted by atomic mass is 10.1. The van der Waals surface area contributed by atoms with Crippen LogP contribution >= 0.6 is 24.0 Å². The van der Waals surface area contributed by atoms with Gasteiger partial charge in [0.2, 0.25) is 0 Å². The second kappa shape index (κ2) is 12.0. The van der Waals surface area contributed by atoms with Crippen molar-refractivity contribution in [3.05, 3.63) is 59.3 Å². The summed E-state index contributed by atoms with van der Waals surface area (Å²) in [5, 5.41) is 3.49. The molecule has 1 aromatic heterocycles. The van der Waals surface area contributed by atoms with Crippen LogP contribution in [0.3, 0.4) is 0 Å². The first kappa shape index (κ1) is 23.4. The average Bonchev–Trinajstić information content (AvgIpc) is 2.75. The van der Waals surface area contributed by atoms with Gasteiger partial charge in [0.05, 0.1) is 13.2 Å². The highest BCUT2D eigenvalue weighted by atomic mass is 127. The smallest absolute Gasteiger partial charge is 0.193 e. The number of anilines is 1. The highest BCUT2D eigenvalue weighted by Crippen LogP contribution is 2.18. The van der Waals surface area contributed by atoms with Gasteiger partial charge >= 0.3 is 0 Å². The lowest BCUT2D eigenvalue weighted by molar-refractivity contribution is 0.122. The molecule has 0 unspecified atom stereocenters. The van der Waals surface area contributed by atoms with Crippen molar-refractivity contribution in [2.45, 2.75) is 26.4 Å². The summed E-state index contributed by atoms with van der Waals surface area (Å²) in [5.74, 6) is 1.91. The van der Waals surface area contributed by atoms with Crippen molar-refractivity contribution >= 4 is 35.8 Å². The Morgan fingerprint density at radius 3 is 2.52 bits per heavy atom. The summed E-state index contributed by atoms with van der Waals surface area (Å²) >= 11 is 0. The molecule has 6 nitrogen and oxygen atoms in total. The number of halogens is 1. The molecule has 2 heterocycles. The van der Waals surface area contributed by atoms with Crippen LogP contribution in [0.1, 0.15) is 23.6 Å². The molecule has 1 aliphatic heterocycles. The number of benzene rings is 1. The van der Waals surface area contributed by atoms with Crippen molar-refractivity contribution < 1.29 is 4.74 Å². The highest BCUT2D eigenvalue weighted by Gasteiger charge is 2.16. The fourth-order valence-electron chi connectivity index (χ4n) is 3.42. The maximum Gasteiger partial charge on any atom is 0.193 e. The van der Waals surface area contributed by atoms with Gasteiger partial charge in [-0.15, -0.1) is 24.0 Å². The SMILES string of the molecule is CCc1ccc(CN(C)C(=NC)NCc2cccnc2N2CCOCC2)cc1.I. The van der Waals surface area contributed by atoms with Gasteiger partial charge in [0.1, 0.15) is 5.82 Å². The summed E-state index contributed by atoms with van der Waals surface area (Å²) in [5.41, 5.74) is 3.81. The average molecular weight is 509 g/mol. The summed E-state index contributed by atoms with van der Waals surface area (Å²) in [7, 11) is 3.89. The second-order valence-electron chi connectivity index (χ2n) is 7.01. The molecule has 29 heavy (non-hydrogen) atoms. The van der Waals surface area contributed by atoms with Crippen LogP contribution in [0.15, 0.2) is 47.6 Å². The monoisotopic (exact) mass is 509 g/mol. The molecule has 1 aromatic carbocycles. The Morgan fingerprint density at radius 2 is 1.86 bits per heavy atom. The minimum Gasteiger partial charge on any atom is -0.378 e. The largest absolute Gasteiger partial charge is 0.378 e. The van der Waals surface area contributed by atoms with Gasteiger partial charge in [-0.25, -0.2) is 4.98 Å². The number of aryl methyl sites for hydroxylation is 1. The first-order valence-electron chi connectivity index (χ1n) is 9.97. The molecule has 0 bridgehead atoms. The van der Waals surface area contributed by atoms with Gasteiger partial charge in [-0.2, -0.15) is 0 Å². The zero-order chi connectivity index (χ0) is 19.8. The maximum atomic E-state index is 5.47. The Hall–Kier alpha value is -1.87. The van der Waals surface area contributed by atoms with E-state index in [2.05, 4.69) is 69.4 Å². The van der Waals surface area contributed by atoms with Crippen LogP contribution in [-0.4, -0.2) is 56.2 Å². The van der Waals surface area contributed by atoms with Crippen LogP contribution in [0.4, 0.5) is 5.82 Å². The summed E-state index contributed by atoms with van der Waals surface area (Å²) in [6, 6.07) is 12.9. The predicted molar refractivity (Wildman–Crippen MR) is 130 cm³/mol. The molecule has 0 atom stereocenters. The van der Waals surface area contributed by atoms with Gasteiger partial charge in [-0.3, -0.25) is 4.99 Å². The Bertz CT molecular complexity index is 775. The molecule has 0 saturated carbocycles. The number of ether oxygens (including phenoxy) is 1. The van der Waals surface area contributed by atoms with Crippen LogP contribution in [0.25, 0.3) is 0 Å². The van der Waals surface area contributed by atoms with Gasteiger partial charge in [0.15, 0.2) is 5.96 Å². The summed E-state index contributed by atoms with van der Waals surface area (Å²) in [6.07, 6.45) is 2.92. The van der Waals surface area contributed by atoms with Crippen molar-refractivity contribution in [2.75, 3.05) is 45.3 Å². The molecule has 0 amide bonds. The van der Waals surface area contributed by atoms with Gasteiger partial charge < -0.3 is 19.9 Å². The number of guanidine groups is 1. The standard InChI is InChI=1S/C22H31N5O.HI/c1-4-18-7-9-19(10-8-18)17-26(3)22(23-2)25-16-20-6-5-11-24-21(20)27-12-14-28-15-13-27;/h5-11H,4,12-17H2,1-3H3,(H,23,25);1H. The molecule has 0 radical (unpaired) electrons. The summed E-state index contributed by atoms with van der Waals surface area (Å²) < 4.78 is 5.47. The van der Waals surface area contributed by atoms with E-state index in [0.717, 1.165) is 51.0 Å². The lowest BCUT2D eigenvalue weighted by Gasteiger charge is -2.30. The van der Waals surface area contributed by atoms with E-state index in [1.165, 1.54) is 16.7 Å². The van der Waals surface area contributed by atoms with Crippen molar-refractivity contribution in [3.8, 4) is 0 Å². The van der Waals surface area contributed by atoms with Crippen molar-refractivity contribution in [3.63, 3.8) is 0 Å². The Balaban J connectivity index is 0.00000300. The van der Waals surface area contributed by atoms with Gasteiger partial charge in [0, 0.05) is 52.0 Å². The molecule has 2 aromatic rings. The van der Waals surface area contributed by atoms with Crippen LogP contribution < -0.4 is 10.2 Å². The molecular formula is C22H32IN5O. The number of aromatic nitrogens is 1. The summed E-state index contributed by atoms with van der Waals surface area (Å²) in [4.78, 5) is 13.5. The van der Waals surface area contributed by atoms with E-state index in [-0.39, 0.29) is 24.0 Å². The van der Waals surface area contributed by atoms with E-state index in [0.29, 0.717) is 6.54 Å². The maximum absolute atomic E-state index is 5.47. The van der Waals surface area contributed by atoms with Crippen LogP contribution in [0.5, 0.6) is 0 Å². The first-order chi connectivity index (χ1) is 13.7. The Kier molecular flexibility index (Phi) is 9.66. The number of hydrogen-bond acceptors (Lipinski definition) is 4. The first-order valence-corrected chi connectivity index (χ1v) is 9.97. The Labute approximate surface area is 191 Å². The molecule has 7 heteroatoms.